The van der Waals surface area contributed by atoms with Crippen molar-refractivity contribution in [1.29, 1.82) is 5.26 Å². The van der Waals surface area contributed by atoms with Gasteiger partial charge in [-0.05, 0) is 42.8 Å². The maximum atomic E-state index is 14.9. The number of halogens is 1. The van der Waals surface area contributed by atoms with Crippen molar-refractivity contribution in [2.75, 3.05) is 11.1 Å². The SMILES string of the molecule is Cc1ccnc(Oc2ccc(-c3c(N)ncnc3-c3ccc(NC(=O)CC#N)cc3)cc2F)n1. The van der Waals surface area contributed by atoms with Gasteiger partial charge in [0.2, 0.25) is 5.91 Å². The minimum atomic E-state index is -0.632. The molecule has 2 aromatic heterocycles. The molecule has 0 aliphatic heterocycles. The molecule has 2 aromatic carbocycles. The van der Waals surface area contributed by atoms with E-state index in [2.05, 4.69) is 25.3 Å². The number of carbonyl (C=O) groups is 1. The molecule has 0 fully saturated rings. The second-order valence-electron chi connectivity index (χ2n) is 7.17. The summed E-state index contributed by atoms with van der Waals surface area (Å²) in [5, 5.41) is 11.2. The Bertz CT molecular complexity index is 1400. The zero-order valence-electron chi connectivity index (χ0n) is 18.0. The summed E-state index contributed by atoms with van der Waals surface area (Å²) >= 11 is 0. The Morgan fingerprint density at radius 3 is 2.59 bits per heavy atom. The lowest BCUT2D eigenvalue weighted by Gasteiger charge is -2.13. The van der Waals surface area contributed by atoms with Crippen LogP contribution in [0.1, 0.15) is 12.1 Å². The van der Waals surface area contributed by atoms with Crippen LogP contribution in [0.2, 0.25) is 0 Å². The molecule has 2 heterocycles. The summed E-state index contributed by atoms with van der Waals surface area (Å²) < 4.78 is 20.4. The van der Waals surface area contributed by atoms with E-state index in [1.807, 2.05) is 0 Å². The van der Waals surface area contributed by atoms with Crippen molar-refractivity contribution in [3.8, 4) is 40.2 Å². The number of nitrogens with one attached hydrogen (secondary N) is 1. The highest BCUT2D eigenvalue weighted by Crippen LogP contribution is 2.36. The Hall–Kier alpha value is -4.91. The van der Waals surface area contributed by atoms with Crippen molar-refractivity contribution in [3.63, 3.8) is 0 Å². The molecule has 0 saturated heterocycles. The molecule has 10 heteroatoms. The number of nitrogen functional groups attached to an aromatic ring is 1. The summed E-state index contributed by atoms with van der Waals surface area (Å²) in [6.07, 6.45) is 2.60. The first kappa shape index (κ1) is 22.3. The highest BCUT2D eigenvalue weighted by molar-refractivity contribution is 5.93. The van der Waals surface area contributed by atoms with E-state index in [4.69, 9.17) is 15.7 Å². The van der Waals surface area contributed by atoms with Gasteiger partial charge in [-0.15, -0.1) is 0 Å². The first-order valence-corrected chi connectivity index (χ1v) is 10.1. The molecule has 3 N–H and O–H groups in total. The minimum absolute atomic E-state index is 0.0382. The third-order valence-corrected chi connectivity index (χ3v) is 4.75. The quantitative estimate of drug-likeness (QED) is 0.439. The van der Waals surface area contributed by atoms with E-state index in [9.17, 15) is 9.18 Å². The predicted molar refractivity (Wildman–Crippen MR) is 123 cm³/mol. The van der Waals surface area contributed by atoms with E-state index in [-0.39, 0.29) is 24.0 Å². The van der Waals surface area contributed by atoms with Crippen LogP contribution in [-0.4, -0.2) is 25.8 Å². The molecule has 34 heavy (non-hydrogen) atoms. The van der Waals surface area contributed by atoms with Gasteiger partial charge in [0, 0.05) is 23.1 Å². The Morgan fingerprint density at radius 1 is 1.12 bits per heavy atom. The maximum absolute atomic E-state index is 14.9. The van der Waals surface area contributed by atoms with Gasteiger partial charge in [0.15, 0.2) is 11.6 Å². The number of aryl methyl sites for hydroxylation is 1. The number of nitrogens with zero attached hydrogens (tertiary/aromatic N) is 5. The fourth-order valence-corrected chi connectivity index (χ4v) is 3.20. The normalized spacial score (nSPS) is 10.4. The van der Waals surface area contributed by atoms with Crippen LogP contribution in [-0.2, 0) is 4.79 Å². The van der Waals surface area contributed by atoms with Crippen LogP contribution in [0.25, 0.3) is 22.4 Å². The van der Waals surface area contributed by atoms with Crippen molar-refractivity contribution in [1.82, 2.24) is 19.9 Å². The van der Waals surface area contributed by atoms with E-state index < -0.39 is 11.7 Å². The predicted octanol–water partition coefficient (Wildman–Crippen LogP) is 4.27. The molecule has 0 aliphatic rings. The number of aromatic nitrogens is 4. The Morgan fingerprint density at radius 2 is 1.88 bits per heavy atom. The molecule has 4 aromatic rings. The number of hydrogen-bond acceptors (Lipinski definition) is 8. The molecule has 0 spiro atoms. The molecule has 168 valence electrons. The van der Waals surface area contributed by atoms with Crippen LogP contribution in [0.4, 0.5) is 15.9 Å². The summed E-state index contributed by atoms with van der Waals surface area (Å²) in [7, 11) is 0. The smallest absolute Gasteiger partial charge is 0.322 e. The van der Waals surface area contributed by atoms with Gasteiger partial charge < -0.3 is 15.8 Å². The first-order valence-electron chi connectivity index (χ1n) is 10.1. The van der Waals surface area contributed by atoms with E-state index in [0.717, 1.165) is 0 Å². The van der Waals surface area contributed by atoms with Crippen molar-refractivity contribution >= 4 is 17.4 Å². The Balaban J connectivity index is 1.65. The van der Waals surface area contributed by atoms with E-state index in [1.165, 1.54) is 24.7 Å². The van der Waals surface area contributed by atoms with Crippen LogP contribution in [0.3, 0.4) is 0 Å². The Kier molecular flexibility index (Phi) is 6.36. The molecule has 0 bridgehead atoms. The van der Waals surface area contributed by atoms with Crippen LogP contribution in [0.15, 0.2) is 61.1 Å². The minimum Gasteiger partial charge on any atom is -0.421 e. The molecule has 9 nitrogen and oxygen atoms in total. The average molecular weight is 455 g/mol. The van der Waals surface area contributed by atoms with Crippen LogP contribution in [0.5, 0.6) is 11.8 Å². The fraction of sp³-hybridized carbons (Fsp3) is 0.0833. The summed E-state index contributed by atoms with van der Waals surface area (Å²) in [5.41, 5.74) is 9.41. The van der Waals surface area contributed by atoms with Gasteiger partial charge >= 0.3 is 6.01 Å². The molecule has 0 unspecified atom stereocenters. The molecule has 0 atom stereocenters. The number of ether oxygens (including phenoxy) is 1. The lowest BCUT2D eigenvalue weighted by molar-refractivity contribution is -0.115. The van der Waals surface area contributed by atoms with Crippen molar-refractivity contribution < 1.29 is 13.9 Å². The molecule has 4 rings (SSSR count). The zero-order chi connectivity index (χ0) is 24.1. The number of amides is 1. The summed E-state index contributed by atoms with van der Waals surface area (Å²) in [5.74, 6) is -0.904. The van der Waals surface area contributed by atoms with Gasteiger partial charge in [-0.25, -0.2) is 24.3 Å². The number of nitriles is 1. The molecule has 0 radical (unpaired) electrons. The lowest BCUT2D eigenvalue weighted by atomic mass is 9.99. The van der Waals surface area contributed by atoms with Crippen molar-refractivity contribution in [2.24, 2.45) is 0 Å². The average Bonchev–Trinajstić information content (AvgIpc) is 2.81. The third kappa shape index (κ3) is 4.94. The van der Waals surface area contributed by atoms with Gasteiger partial charge in [-0.2, -0.15) is 5.26 Å². The van der Waals surface area contributed by atoms with Gasteiger partial charge in [-0.1, -0.05) is 18.2 Å². The number of hydrogen-bond donors (Lipinski definition) is 2. The summed E-state index contributed by atoms with van der Waals surface area (Å²) in [6, 6.07) is 14.7. The molecular formula is C24H18FN7O2. The largest absolute Gasteiger partial charge is 0.421 e. The maximum Gasteiger partial charge on any atom is 0.322 e. The van der Waals surface area contributed by atoms with E-state index in [1.54, 1.807) is 49.4 Å². The van der Waals surface area contributed by atoms with Gasteiger partial charge in [0.05, 0.1) is 17.3 Å². The molecular weight excluding hydrogens is 437 g/mol. The second-order valence-corrected chi connectivity index (χ2v) is 7.17. The highest BCUT2D eigenvalue weighted by Gasteiger charge is 2.17. The number of carbonyl (C=O) groups excluding carboxylic acids is 1. The van der Waals surface area contributed by atoms with E-state index in [0.29, 0.717) is 33.8 Å². The van der Waals surface area contributed by atoms with Gasteiger partial charge in [0.25, 0.3) is 0 Å². The van der Waals surface area contributed by atoms with Gasteiger partial charge in [-0.3, -0.25) is 4.79 Å². The summed E-state index contributed by atoms with van der Waals surface area (Å²) in [6.45, 7) is 1.78. The first-order chi connectivity index (χ1) is 16.4. The second kappa shape index (κ2) is 9.70. The lowest BCUT2D eigenvalue weighted by Crippen LogP contribution is -2.09. The van der Waals surface area contributed by atoms with Crippen LogP contribution in [0, 0.1) is 24.1 Å². The highest BCUT2D eigenvalue weighted by atomic mass is 19.1. The van der Waals surface area contributed by atoms with Crippen LogP contribution < -0.4 is 15.8 Å². The third-order valence-electron chi connectivity index (χ3n) is 4.75. The summed E-state index contributed by atoms with van der Waals surface area (Å²) in [4.78, 5) is 28.1. The molecule has 0 saturated carbocycles. The van der Waals surface area contributed by atoms with Crippen LogP contribution >= 0.6 is 0 Å². The number of benzene rings is 2. The zero-order valence-corrected chi connectivity index (χ0v) is 18.0. The van der Waals surface area contributed by atoms with E-state index >= 15 is 0 Å². The monoisotopic (exact) mass is 455 g/mol. The number of rotatable bonds is 6. The van der Waals surface area contributed by atoms with Crippen molar-refractivity contribution in [3.05, 3.63) is 72.6 Å². The number of anilines is 2. The Labute approximate surface area is 194 Å². The van der Waals surface area contributed by atoms with Gasteiger partial charge in [0.1, 0.15) is 18.6 Å². The number of nitrogens with two attached hydrogens (primary N) is 1. The standard InChI is InChI=1S/C24H18FN7O2/c1-14-9-11-28-24(31-14)34-19-7-4-16(12-18(19)25)21-22(29-13-30-23(21)27)15-2-5-17(6-3-15)32-20(33)8-10-26/h2-7,9,11-13H,8H2,1H3,(H,32,33)(H2,27,29,30). The topological polar surface area (TPSA) is 140 Å². The fourth-order valence-electron chi connectivity index (χ4n) is 3.20. The molecule has 1 amide bonds. The molecule has 0 aliphatic carbocycles. The van der Waals surface area contributed by atoms with Crippen molar-refractivity contribution in [2.45, 2.75) is 13.3 Å².